The maximum atomic E-state index is 13.7. The molecule has 3 aromatic rings. The first kappa shape index (κ1) is 15.7. The molecule has 0 spiro atoms. The summed E-state index contributed by atoms with van der Waals surface area (Å²) in [5.74, 6) is 0.539. The van der Waals surface area contributed by atoms with Crippen molar-refractivity contribution in [2.45, 2.75) is 38.3 Å². The minimum atomic E-state index is -0.232. The van der Waals surface area contributed by atoms with E-state index in [-0.39, 0.29) is 17.4 Å². The van der Waals surface area contributed by atoms with Crippen molar-refractivity contribution < 1.29 is 9.18 Å². The number of hydrogen-bond acceptors (Lipinski definition) is 4. The Labute approximate surface area is 145 Å². The van der Waals surface area contributed by atoms with Crippen LogP contribution in [0, 0.1) is 5.82 Å². The van der Waals surface area contributed by atoms with E-state index in [0.717, 1.165) is 30.5 Å². The lowest BCUT2D eigenvalue weighted by molar-refractivity contribution is 0.112. The number of benzene rings is 1. The van der Waals surface area contributed by atoms with Gasteiger partial charge in [-0.25, -0.2) is 13.9 Å². The van der Waals surface area contributed by atoms with E-state index in [2.05, 4.69) is 28.8 Å². The zero-order valence-electron chi connectivity index (χ0n) is 14.2. The highest BCUT2D eigenvalue weighted by Gasteiger charge is 2.41. The summed E-state index contributed by atoms with van der Waals surface area (Å²) < 4.78 is 15.3. The fraction of sp³-hybridized carbons (Fsp3) is 0.316. The quantitative estimate of drug-likeness (QED) is 0.682. The molecule has 3 heterocycles. The van der Waals surface area contributed by atoms with Gasteiger partial charge in [0.1, 0.15) is 11.6 Å². The smallest absolute Gasteiger partial charge is 0.167 e. The number of carbonyl (C=O) groups is 1. The fourth-order valence-corrected chi connectivity index (χ4v) is 3.76. The standard InChI is InChI=1S/C19H19FN4O/c1-19(2)8-6-16(13-4-3-5-15(20)10-13)24(19)17-7-9-23-18(22-17)14(12-25)11-21-23/h3-5,7,9-12,16H,6,8H2,1-2H3. The number of fused-ring (bicyclic) bond motifs is 1. The number of rotatable bonds is 3. The molecule has 1 atom stereocenters. The van der Waals surface area contributed by atoms with Crippen molar-refractivity contribution in [3.63, 3.8) is 0 Å². The van der Waals surface area contributed by atoms with Gasteiger partial charge in [0.25, 0.3) is 0 Å². The number of halogens is 1. The van der Waals surface area contributed by atoms with Crippen molar-refractivity contribution in [1.82, 2.24) is 14.6 Å². The molecule has 6 heteroatoms. The van der Waals surface area contributed by atoms with E-state index in [1.165, 1.54) is 12.3 Å². The van der Waals surface area contributed by atoms with Crippen LogP contribution in [0.25, 0.3) is 5.65 Å². The van der Waals surface area contributed by atoms with E-state index in [1.54, 1.807) is 16.6 Å². The lowest BCUT2D eigenvalue weighted by atomic mass is 10.0. The molecule has 0 aliphatic carbocycles. The summed E-state index contributed by atoms with van der Waals surface area (Å²) in [5, 5.41) is 4.14. The van der Waals surface area contributed by atoms with Gasteiger partial charge in [0.15, 0.2) is 11.9 Å². The summed E-state index contributed by atoms with van der Waals surface area (Å²) >= 11 is 0. The van der Waals surface area contributed by atoms with Crippen LogP contribution in [0.5, 0.6) is 0 Å². The molecule has 1 unspecified atom stereocenters. The van der Waals surface area contributed by atoms with E-state index < -0.39 is 0 Å². The minimum Gasteiger partial charge on any atom is -0.344 e. The molecule has 1 saturated heterocycles. The molecule has 1 fully saturated rings. The summed E-state index contributed by atoms with van der Waals surface area (Å²) in [5.41, 5.74) is 1.81. The monoisotopic (exact) mass is 338 g/mol. The Morgan fingerprint density at radius 2 is 2.16 bits per heavy atom. The zero-order chi connectivity index (χ0) is 17.6. The molecule has 25 heavy (non-hydrogen) atoms. The lowest BCUT2D eigenvalue weighted by Crippen LogP contribution is -2.40. The first-order valence-electron chi connectivity index (χ1n) is 8.34. The van der Waals surface area contributed by atoms with E-state index in [0.29, 0.717) is 11.2 Å². The summed E-state index contributed by atoms with van der Waals surface area (Å²) in [6, 6.07) is 8.69. The van der Waals surface area contributed by atoms with Gasteiger partial charge in [-0.3, -0.25) is 4.79 Å². The molecular formula is C19H19FN4O. The van der Waals surface area contributed by atoms with Gasteiger partial charge in [-0.05, 0) is 50.5 Å². The van der Waals surface area contributed by atoms with Crippen molar-refractivity contribution in [3.05, 3.63) is 59.7 Å². The predicted molar refractivity (Wildman–Crippen MR) is 93.3 cm³/mol. The maximum Gasteiger partial charge on any atom is 0.167 e. The lowest BCUT2D eigenvalue weighted by Gasteiger charge is -2.37. The van der Waals surface area contributed by atoms with Crippen LogP contribution in [0.15, 0.2) is 42.7 Å². The first-order valence-corrected chi connectivity index (χ1v) is 8.34. The van der Waals surface area contributed by atoms with Crippen LogP contribution in [0.1, 0.15) is 48.7 Å². The van der Waals surface area contributed by atoms with Crippen molar-refractivity contribution >= 4 is 17.8 Å². The summed E-state index contributed by atoms with van der Waals surface area (Å²) in [6.07, 6.45) is 5.97. The Hall–Kier alpha value is -2.76. The maximum absolute atomic E-state index is 13.7. The van der Waals surface area contributed by atoms with Crippen LogP contribution in [0.3, 0.4) is 0 Å². The number of carbonyl (C=O) groups excluding carboxylic acids is 1. The number of anilines is 1. The van der Waals surface area contributed by atoms with Gasteiger partial charge in [0, 0.05) is 11.7 Å². The second kappa shape index (κ2) is 5.65. The van der Waals surface area contributed by atoms with Crippen LogP contribution in [-0.4, -0.2) is 26.4 Å². The highest BCUT2D eigenvalue weighted by Crippen LogP contribution is 2.44. The van der Waals surface area contributed by atoms with Crippen LogP contribution in [0.2, 0.25) is 0 Å². The molecule has 2 aromatic heterocycles. The predicted octanol–water partition coefficient (Wildman–Crippen LogP) is 3.80. The minimum absolute atomic E-state index is 0.0447. The molecule has 0 radical (unpaired) electrons. The summed E-state index contributed by atoms with van der Waals surface area (Å²) in [4.78, 5) is 18.1. The van der Waals surface area contributed by atoms with E-state index >= 15 is 0 Å². The molecule has 0 N–H and O–H groups in total. The van der Waals surface area contributed by atoms with E-state index in [4.69, 9.17) is 0 Å². The Morgan fingerprint density at radius 1 is 1.32 bits per heavy atom. The average molecular weight is 338 g/mol. The summed E-state index contributed by atoms with van der Waals surface area (Å²) in [6.45, 7) is 4.32. The zero-order valence-corrected chi connectivity index (χ0v) is 14.2. The molecule has 4 rings (SSSR count). The van der Waals surface area contributed by atoms with Crippen molar-refractivity contribution in [2.75, 3.05) is 4.90 Å². The number of aromatic nitrogens is 3. The molecule has 1 aliphatic rings. The van der Waals surface area contributed by atoms with E-state index in [9.17, 15) is 9.18 Å². The Morgan fingerprint density at radius 3 is 2.92 bits per heavy atom. The van der Waals surface area contributed by atoms with Crippen LogP contribution < -0.4 is 4.90 Å². The number of aldehydes is 1. The van der Waals surface area contributed by atoms with Crippen molar-refractivity contribution in [2.24, 2.45) is 0 Å². The van der Waals surface area contributed by atoms with Crippen molar-refractivity contribution in [3.8, 4) is 0 Å². The van der Waals surface area contributed by atoms with E-state index in [1.807, 2.05) is 18.3 Å². The van der Waals surface area contributed by atoms with Gasteiger partial charge in [-0.1, -0.05) is 12.1 Å². The number of hydrogen-bond donors (Lipinski definition) is 0. The highest BCUT2D eigenvalue weighted by atomic mass is 19.1. The normalized spacial score (nSPS) is 19.5. The van der Waals surface area contributed by atoms with Crippen LogP contribution >= 0.6 is 0 Å². The molecule has 5 nitrogen and oxygen atoms in total. The van der Waals surface area contributed by atoms with Gasteiger partial charge in [-0.2, -0.15) is 5.10 Å². The number of nitrogens with zero attached hydrogens (tertiary/aromatic N) is 4. The third-order valence-electron chi connectivity index (χ3n) is 4.98. The topological polar surface area (TPSA) is 50.5 Å². The largest absolute Gasteiger partial charge is 0.344 e. The Balaban J connectivity index is 1.83. The Bertz CT molecular complexity index is 950. The molecule has 0 bridgehead atoms. The van der Waals surface area contributed by atoms with Gasteiger partial charge >= 0.3 is 0 Å². The molecular weight excluding hydrogens is 319 g/mol. The third-order valence-corrected chi connectivity index (χ3v) is 4.98. The second-order valence-electron chi connectivity index (χ2n) is 7.06. The molecule has 0 saturated carbocycles. The third kappa shape index (κ3) is 2.58. The first-order chi connectivity index (χ1) is 12.0. The Kier molecular flexibility index (Phi) is 3.56. The molecule has 1 aliphatic heterocycles. The molecule has 1 aromatic carbocycles. The van der Waals surface area contributed by atoms with Gasteiger partial charge in [0.2, 0.25) is 0 Å². The SMILES string of the molecule is CC1(C)CCC(c2cccc(F)c2)N1c1ccn2ncc(C=O)c2n1. The summed E-state index contributed by atoms with van der Waals surface area (Å²) in [7, 11) is 0. The van der Waals surface area contributed by atoms with Crippen LogP contribution in [0.4, 0.5) is 10.2 Å². The van der Waals surface area contributed by atoms with Gasteiger partial charge < -0.3 is 4.90 Å². The average Bonchev–Trinajstić information content (AvgIpc) is 3.14. The molecule has 128 valence electrons. The van der Waals surface area contributed by atoms with Gasteiger partial charge in [-0.15, -0.1) is 0 Å². The van der Waals surface area contributed by atoms with Crippen LogP contribution in [-0.2, 0) is 0 Å². The molecule has 0 amide bonds. The highest BCUT2D eigenvalue weighted by molar-refractivity contribution is 5.84. The van der Waals surface area contributed by atoms with Crippen molar-refractivity contribution in [1.29, 1.82) is 0 Å². The second-order valence-corrected chi connectivity index (χ2v) is 7.06. The van der Waals surface area contributed by atoms with Gasteiger partial charge in [0.05, 0.1) is 17.8 Å². The fourth-order valence-electron chi connectivity index (χ4n) is 3.76.